The molecule has 0 fully saturated rings. The van der Waals surface area contributed by atoms with E-state index in [-0.39, 0.29) is 10.8 Å². The van der Waals surface area contributed by atoms with E-state index < -0.39 is 11.6 Å². The van der Waals surface area contributed by atoms with Gasteiger partial charge in [0.05, 0.1) is 5.39 Å². The van der Waals surface area contributed by atoms with Gasteiger partial charge in [0.1, 0.15) is 5.58 Å². The molecule has 0 saturated heterocycles. The van der Waals surface area contributed by atoms with Crippen molar-refractivity contribution in [3.05, 3.63) is 39.7 Å². The number of fused-ring (bicyclic) bond motifs is 1. The largest absolute Gasteiger partial charge is 0.424 e. The van der Waals surface area contributed by atoms with E-state index in [4.69, 9.17) is 20.8 Å². The van der Waals surface area contributed by atoms with E-state index in [0.29, 0.717) is 11.0 Å². The Morgan fingerprint density at radius 2 is 2.06 bits per heavy atom. The third-order valence-electron chi connectivity index (χ3n) is 1.96. The zero-order valence-corrected chi connectivity index (χ0v) is 9.08. The van der Waals surface area contributed by atoms with Gasteiger partial charge in [0.25, 0.3) is 0 Å². The minimum absolute atomic E-state index is 0.0426. The van der Waals surface area contributed by atoms with Crippen molar-refractivity contribution in [1.82, 2.24) is 0 Å². The molecule has 0 aliphatic carbocycles. The average Bonchev–Trinajstić information content (AvgIpc) is 2.24. The molecule has 0 unspecified atom stereocenters. The monoisotopic (exact) mass is 238 g/mol. The molecule has 5 heteroatoms. The van der Waals surface area contributed by atoms with Crippen LogP contribution in [-0.2, 0) is 4.79 Å². The highest BCUT2D eigenvalue weighted by Gasteiger charge is 2.15. The lowest BCUT2D eigenvalue weighted by Crippen LogP contribution is -2.08. The Hall–Kier alpha value is -1.81. The summed E-state index contributed by atoms with van der Waals surface area (Å²) >= 11 is 5.73. The summed E-state index contributed by atoms with van der Waals surface area (Å²) in [6.45, 7) is 1.24. The molecule has 82 valence electrons. The molecule has 0 radical (unpaired) electrons. The molecule has 2 rings (SSSR count). The molecule has 0 bridgehead atoms. The molecule has 1 heterocycles. The highest BCUT2D eigenvalue weighted by atomic mass is 35.5. The summed E-state index contributed by atoms with van der Waals surface area (Å²) in [5.74, 6) is -0.501. The smallest absolute Gasteiger partial charge is 0.359 e. The number of rotatable bonds is 1. The van der Waals surface area contributed by atoms with Crippen LogP contribution in [0.4, 0.5) is 0 Å². The number of carbonyl (C=O) groups is 1. The number of halogens is 1. The average molecular weight is 239 g/mol. The summed E-state index contributed by atoms with van der Waals surface area (Å²) in [7, 11) is 0. The van der Waals surface area contributed by atoms with Gasteiger partial charge in [0.2, 0.25) is 0 Å². The summed E-state index contributed by atoms with van der Waals surface area (Å²) in [5, 5.41) is 0.260. The Bertz CT molecular complexity index is 615. The zero-order valence-electron chi connectivity index (χ0n) is 8.32. The first-order valence-corrected chi connectivity index (χ1v) is 4.87. The van der Waals surface area contributed by atoms with Crippen LogP contribution in [0.25, 0.3) is 11.0 Å². The maximum atomic E-state index is 11.3. The zero-order chi connectivity index (χ0) is 11.7. The molecule has 16 heavy (non-hydrogen) atoms. The van der Waals surface area contributed by atoms with Crippen LogP contribution in [0.15, 0.2) is 33.5 Å². The number of para-hydroxylation sites is 1. The lowest BCUT2D eigenvalue weighted by Gasteiger charge is -2.05. The van der Waals surface area contributed by atoms with E-state index in [1.807, 2.05) is 0 Å². The van der Waals surface area contributed by atoms with Gasteiger partial charge in [0.15, 0.2) is 10.8 Å². The second kappa shape index (κ2) is 3.98. The molecule has 0 amide bonds. The normalized spacial score (nSPS) is 10.4. The van der Waals surface area contributed by atoms with Gasteiger partial charge < -0.3 is 9.15 Å². The Morgan fingerprint density at radius 1 is 1.38 bits per heavy atom. The Kier molecular flexibility index (Phi) is 2.66. The fraction of sp³-hybridized carbons (Fsp3) is 0.0909. The number of carbonyl (C=O) groups excluding carboxylic acids is 1. The van der Waals surface area contributed by atoms with Crippen molar-refractivity contribution < 1.29 is 13.9 Å². The van der Waals surface area contributed by atoms with Crippen molar-refractivity contribution in [3.8, 4) is 5.75 Å². The molecule has 0 aliphatic rings. The lowest BCUT2D eigenvalue weighted by atomic mass is 10.2. The van der Waals surface area contributed by atoms with Crippen LogP contribution in [-0.4, -0.2) is 5.97 Å². The number of benzene rings is 1. The Balaban J connectivity index is 2.81. The van der Waals surface area contributed by atoms with E-state index >= 15 is 0 Å². The van der Waals surface area contributed by atoms with E-state index in [2.05, 4.69) is 0 Å². The number of hydrogen-bond acceptors (Lipinski definition) is 4. The van der Waals surface area contributed by atoms with Crippen molar-refractivity contribution in [1.29, 1.82) is 0 Å². The summed E-state index contributed by atoms with van der Waals surface area (Å²) < 4.78 is 9.84. The van der Waals surface area contributed by atoms with Gasteiger partial charge in [-0.1, -0.05) is 23.7 Å². The van der Waals surface area contributed by atoms with Gasteiger partial charge in [-0.3, -0.25) is 4.79 Å². The molecular formula is C11H7ClO4. The van der Waals surface area contributed by atoms with E-state index in [0.717, 1.165) is 0 Å². The van der Waals surface area contributed by atoms with Crippen LogP contribution in [0.1, 0.15) is 6.92 Å². The molecule has 2 aromatic rings. The quantitative estimate of drug-likeness (QED) is 0.565. The van der Waals surface area contributed by atoms with Crippen molar-refractivity contribution in [2.24, 2.45) is 0 Å². The second-order valence-corrected chi connectivity index (χ2v) is 3.50. The molecule has 1 aromatic heterocycles. The summed E-state index contributed by atoms with van der Waals surface area (Å²) in [4.78, 5) is 22.3. The van der Waals surface area contributed by atoms with Gasteiger partial charge in [0, 0.05) is 6.92 Å². The van der Waals surface area contributed by atoms with Crippen LogP contribution >= 0.6 is 11.6 Å². The third-order valence-corrected chi connectivity index (χ3v) is 2.28. The van der Waals surface area contributed by atoms with Crippen LogP contribution in [0, 0.1) is 0 Å². The minimum atomic E-state index is -0.725. The molecule has 0 spiro atoms. The van der Waals surface area contributed by atoms with E-state index in [9.17, 15) is 9.59 Å². The Labute approximate surface area is 95.4 Å². The van der Waals surface area contributed by atoms with Crippen molar-refractivity contribution in [2.75, 3.05) is 0 Å². The summed E-state index contributed by atoms with van der Waals surface area (Å²) in [5.41, 5.74) is -0.398. The fourth-order valence-electron chi connectivity index (χ4n) is 1.34. The maximum absolute atomic E-state index is 11.3. The van der Waals surface area contributed by atoms with Crippen LogP contribution < -0.4 is 10.4 Å². The molecule has 0 aliphatic heterocycles. The molecular weight excluding hydrogens is 232 g/mol. The Morgan fingerprint density at radius 3 is 2.75 bits per heavy atom. The molecule has 0 N–H and O–H groups in total. The van der Waals surface area contributed by atoms with Gasteiger partial charge in [-0.15, -0.1) is 0 Å². The van der Waals surface area contributed by atoms with Crippen molar-refractivity contribution in [3.63, 3.8) is 0 Å². The van der Waals surface area contributed by atoms with E-state index in [1.165, 1.54) is 6.92 Å². The first-order chi connectivity index (χ1) is 7.59. The summed E-state index contributed by atoms with van der Waals surface area (Å²) in [6, 6.07) is 6.69. The summed E-state index contributed by atoms with van der Waals surface area (Å²) in [6.07, 6.45) is 0. The number of esters is 1. The number of ether oxygens (including phenoxy) is 1. The van der Waals surface area contributed by atoms with Gasteiger partial charge in [-0.25, -0.2) is 4.79 Å². The van der Waals surface area contributed by atoms with Crippen LogP contribution in [0.3, 0.4) is 0 Å². The maximum Gasteiger partial charge on any atom is 0.359 e. The van der Waals surface area contributed by atoms with Crippen molar-refractivity contribution in [2.45, 2.75) is 6.92 Å². The second-order valence-electron chi connectivity index (χ2n) is 3.12. The third kappa shape index (κ3) is 1.79. The van der Waals surface area contributed by atoms with Gasteiger partial charge >= 0.3 is 11.6 Å². The minimum Gasteiger partial charge on any atom is -0.424 e. The van der Waals surface area contributed by atoms with Crippen LogP contribution in [0.5, 0.6) is 5.75 Å². The molecule has 0 saturated carbocycles. The van der Waals surface area contributed by atoms with Crippen LogP contribution in [0.2, 0.25) is 5.02 Å². The molecule has 1 aromatic carbocycles. The fourth-order valence-corrected chi connectivity index (χ4v) is 1.52. The van der Waals surface area contributed by atoms with E-state index in [1.54, 1.807) is 24.3 Å². The standard InChI is InChI=1S/C11H7ClO4/c1-6(13)15-10-7-4-2-3-5-8(7)16-11(14)9(10)12/h2-5H,1H3. The first-order valence-electron chi connectivity index (χ1n) is 4.49. The van der Waals surface area contributed by atoms with Crippen molar-refractivity contribution >= 4 is 28.5 Å². The highest BCUT2D eigenvalue weighted by Crippen LogP contribution is 2.30. The van der Waals surface area contributed by atoms with Gasteiger partial charge in [-0.05, 0) is 12.1 Å². The van der Waals surface area contributed by atoms with Gasteiger partial charge in [-0.2, -0.15) is 0 Å². The predicted octanol–water partition coefficient (Wildman–Crippen LogP) is 2.37. The molecule has 0 atom stereocenters. The first kappa shape index (κ1) is 10.7. The lowest BCUT2D eigenvalue weighted by molar-refractivity contribution is -0.131. The highest BCUT2D eigenvalue weighted by molar-refractivity contribution is 6.32. The number of hydrogen-bond donors (Lipinski definition) is 0. The topological polar surface area (TPSA) is 56.5 Å². The molecule has 4 nitrogen and oxygen atoms in total. The predicted molar refractivity (Wildman–Crippen MR) is 58.8 cm³/mol. The SMILES string of the molecule is CC(=O)Oc1c(Cl)c(=O)oc2ccccc12.